The molecule has 0 radical (unpaired) electrons. The third kappa shape index (κ3) is 11.4. The van der Waals surface area contributed by atoms with Crippen LogP contribution in [-0.4, -0.2) is 76.4 Å². The van der Waals surface area contributed by atoms with E-state index in [2.05, 4.69) is 68.0 Å². The Hall–Kier alpha value is -3.50. The molecule has 212 valence electrons. The summed E-state index contributed by atoms with van der Waals surface area (Å²) in [5.74, 6) is 0.999. The number of nitrogens with one attached hydrogen (secondary N) is 4. The monoisotopic (exact) mass is 536 g/mol. The van der Waals surface area contributed by atoms with E-state index >= 15 is 0 Å². The van der Waals surface area contributed by atoms with Crippen LogP contribution in [0.25, 0.3) is 0 Å². The zero-order chi connectivity index (χ0) is 27.9. The number of hydrogen-bond acceptors (Lipinski definition) is 8. The van der Waals surface area contributed by atoms with Crippen molar-refractivity contribution in [3.05, 3.63) is 66.7 Å². The predicted octanol–water partition coefficient (Wildman–Crippen LogP) is 4.23. The molecule has 10 nitrogen and oxygen atoms in total. The van der Waals surface area contributed by atoms with Crippen LogP contribution < -0.4 is 16.0 Å². The van der Waals surface area contributed by atoms with E-state index < -0.39 is 0 Å². The number of allylic oxidation sites excluding steroid dienone is 1. The zero-order valence-electron chi connectivity index (χ0n) is 23.4. The average Bonchev–Trinajstić information content (AvgIpc) is 3.03. The van der Waals surface area contributed by atoms with E-state index in [-0.39, 0.29) is 17.9 Å². The second-order valence-electron chi connectivity index (χ2n) is 10.2. The van der Waals surface area contributed by atoms with Crippen molar-refractivity contribution in [2.24, 2.45) is 0 Å². The van der Waals surface area contributed by atoms with E-state index in [0.717, 1.165) is 56.8 Å². The molecule has 0 atom stereocenters. The summed E-state index contributed by atoms with van der Waals surface area (Å²) in [5, 5.41) is 16.8. The molecule has 4 N–H and O–H groups in total. The SMILES string of the molecule is C=C/C(=C\C(=C)CNc1nc(NC2CCOCC2)ncc(C(C)C)cn[nH]1)NC(=O)/C=C/CN1CCCCC1. The number of likely N-dealkylation sites (tertiary alicyclic amines) is 1. The van der Waals surface area contributed by atoms with Crippen molar-refractivity contribution in [1.82, 2.24) is 30.4 Å². The normalized spacial score (nSPS) is 17.1. The molecule has 2 aliphatic rings. The largest absolute Gasteiger partial charge is 0.381 e. The number of carbonyl (C=O) groups excluding carboxylic acids is 1. The van der Waals surface area contributed by atoms with E-state index in [9.17, 15) is 4.79 Å². The van der Waals surface area contributed by atoms with Gasteiger partial charge in [0.2, 0.25) is 17.8 Å². The van der Waals surface area contributed by atoms with Crippen LogP contribution in [0, 0.1) is 0 Å². The molecule has 3 heterocycles. The van der Waals surface area contributed by atoms with Gasteiger partial charge in [0.1, 0.15) is 0 Å². The number of aromatic amines is 1. The van der Waals surface area contributed by atoms with Crippen molar-refractivity contribution in [1.29, 1.82) is 0 Å². The highest BCUT2D eigenvalue weighted by Gasteiger charge is 2.14. The molecule has 39 heavy (non-hydrogen) atoms. The van der Waals surface area contributed by atoms with Crippen LogP contribution in [0.3, 0.4) is 0 Å². The summed E-state index contributed by atoms with van der Waals surface area (Å²) in [6.45, 7) is 16.9. The molecule has 2 saturated heterocycles. The summed E-state index contributed by atoms with van der Waals surface area (Å²) in [7, 11) is 0. The van der Waals surface area contributed by atoms with Crippen molar-refractivity contribution in [2.45, 2.75) is 57.9 Å². The Morgan fingerprint density at radius 2 is 2.00 bits per heavy atom. The highest BCUT2D eigenvalue weighted by Crippen LogP contribution is 2.14. The van der Waals surface area contributed by atoms with Crippen molar-refractivity contribution in [3.8, 4) is 0 Å². The maximum Gasteiger partial charge on any atom is 0.248 e. The number of H-pyrrole nitrogens is 1. The van der Waals surface area contributed by atoms with Crippen molar-refractivity contribution < 1.29 is 9.53 Å². The summed E-state index contributed by atoms with van der Waals surface area (Å²) in [5.41, 5.74) is 2.28. The molecule has 0 aromatic carbocycles. The lowest BCUT2D eigenvalue weighted by Crippen LogP contribution is -2.30. The lowest BCUT2D eigenvalue weighted by Gasteiger charge is -2.24. The molecule has 2 aliphatic heterocycles. The first-order valence-electron chi connectivity index (χ1n) is 13.9. The third-order valence-corrected chi connectivity index (χ3v) is 6.57. The molecule has 0 unspecified atom stereocenters. The van der Waals surface area contributed by atoms with Gasteiger partial charge >= 0.3 is 0 Å². The number of piperidine rings is 1. The minimum absolute atomic E-state index is 0.191. The van der Waals surface area contributed by atoms with Crippen LogP contribution >= 0.6 is 0 Å². The fraction of sp³-hybridized carbons (Fsp3) is 0.517. The van der Waals surface area contributed by atoms with E-state index in [4.69, 9.17) is 4.74 Å². The molecular weight excluding hydrogens is 492 g/mol. The Morgan fingerprint density at radius 3 is 2.72 bits per heavy atom. The number of amides is 1. The standard InChI is InChI=1S/C29H44N8O2/c1-5-25(33-27(38)10-9-15-37-13-7-6-8-14-37)18-23(4)19-30-29-35-28(34-26-11-16-39-17-12-26)31-20-24(22(2)3)21-32-36-29/h5,9-10,18,20-22,26H,1,4,6-8,11-17,19H2,2-3H3,(H,33,38)(H3,30,31,34,35,36)/b10-9+,24-20?,25-18+,32-21?. The van der Waals surface area contributed by atoms with Crippen LogP contribution in [0.5, 0.6) is 0 Å². The molecule has 3 rings (SSSR count). The van der Waals surface area contributed by atoms with Crippen LogP contribution in [0.2, 0.25) is 0 Å². The summed E-state index contributed by atoms with van der Waals surface area (Å²) in [4.78, 5) is 24.0. The second-order valence-corrected chi connectivity index (χ2v) is 10.2. The molecule has 1 aromatic heterocycles. The van der Waals surface area contributed by atoms with Crippen LogP contribution in [0.1, 0.15) is 57.4 Å². The van der Waals surface area contributed by atoms with Gasteiger partial charge < -0.3 is 20.7 Å². The molecular formula is C29H44N8O2. The first-order valence-corrected chi connectivity index (χ1v) is 13.9. The van der Waals surface area contributed by atoms with Gasteiger partial charge in [0.25, 0.3) is 0 Å². The van der Waals surface area contributed by atoms with Gasteiger partial charge in [-0.1, -0.05) is 39.5 Å². The van der Waals surface area contributed by atoms with Gasteiger partial charge in [-0.25, -0.2) is 10.1 Å². The molecule has 1 aromatic rings. The van der Waals surface area contributed by atoms with Gasteiger partial charge in [0.15, 0.2) is 0 Å². The van der Waals surface area contributed by atoms with Crippen molar-refractivity contribution >= 4 is 17.8 Å². The Kier molecular flexibility index (Phi) is 12.7. The highest BCUT2D eigenvalue weighted by atomic mass is 16.5. The molecule has 0 spiro atoms. The number of anilines is 2. The van der Waals surface area contributed by atoms with Crippen molar-refractivity contribution in [2.75, 3.05) is 50.0 Å². The van der Waals surface area contributed by atoms with E-state index in [1.165, 1.54) is 19.3 Å². The minimum Gasteiger partial charge on any atom is -0.381 e. The fourth-order valence-electron chi connectivity index (χ4n) is 4.22. The topological polar surface area (TPSA) is 120 Å². The summed E-state index contributed by atoms with van der Waals surface area (Å²) >= 11 is 0. The van der Waals surface area contributed by atoms with Gasteiger partial charge in [-0.2, -0.15) is 10.1 Å². The van der Waals surface area contributed by atoms with Crippen LogP contribution in [-0.2, 0) is 9.53 Å². The number of carbonyl (C=O) groups is 1. The number of ether oxygens (including phenoxy) is 1. The summed E-state index contributed by atoms with van der Waals surface area (Å²) in [6, 6.07) is 0.241. The van der Waals surface area contributed by atoms with Gasteiger partial charge in [-0.3, -0.25) is 9.69 Å². The van der Waals surface area contributed by atoms with Gasteiger partial charge in [0.05, 0.1) is 6.20 Å². The van der Waals surface area contributed by atoms with Crippen LogP contribution in [0.15, 0.2) is 61.1 Å². The molecule has 0 aliphatic carbocycles. The Morgan fingerprint density at radius 1 is 1.23 bits per heavy atom. The Balaban J connectivity index is 1.62. The lowest BCUT2D eigenvalue weighted by atomic mass is 10.1. The first-order chi connectivity index (χ1) is 18.9. The van der Waals surface area contributed by atoms with E-state index in [0.29, 0.717) is 24.1 Å². The molecule has 10 heteroatoms. The zero-order valence-corrected chi connectivity index (χ0v) is 23.4. The predicted molar refractivity (Wildman–Crippen MR) is 157 cm³/mol. The maximum atomic E-state index is 12.4. The summed E-state index contributed by atoms with van der Waals surface area (Å²) < 4.78 is 5.47. The number of rotatable bonds is 12. The molecule has 1 amide bonds. The maximum absolute atomic E-state index is 12.4. The van der Waals surface area contributed by atoms with Gasteiger partial charge in [-0.15, -0.1) is 0 Å². The van der Waals surface area contributed by atoms with E-state index in [1.54, 1.807) is 30.6 Å². The molecule has 2 fully saturated rings. The lowest BCUT2D eigenvalue weighted by molar-refractivity contribution is -0.115. The van der Waals surface area contributed by atoms with Gasteiger partial charge in [0, 0.05) is 50.3 Å². The Bertz CT molecular complexity index is 1060. The number of aromatic nitrogens is 4. The average molecular weight is 537 g/mol. The number of hydrogen-bond donors (Lipinski definition) is 4. The quantitative estimate of drug-likeness (QED) is 0.231. The van der Waals surface area contributed by atoms with Gasteiger partial charge in [-0.05, 0) is 68.0 Å². The third-order valence-electron chi connectivity index (χ3n) is 6.57. The van der Waals surface area contributed by atoms with Crippen molar-refractivity contribution in [3.63, 3.8) is 0 Å². The minimum atomic E-state index is -0.191. The number of nitrogens with zero attached hydrogens (tertiary/aromatic N) is 4. The first kappa shape index (κ1) is 30.0. The second kappa shape index (κ2) is 16.5. The fourth-order valence-corrected chi connectivity index (χ4v) is 4.22. The summed E-state index contributed by atoms with van der Waals surface area (Å²) in [6.07, 6.45) is 16.0. The van der Waals surface area contributed by atoms with Crippen LogP contribution in [0.4, 0.5) is 11.9 Å². The smallest absolute Gasteiger partial charge is 0.248 e. The van der Waals surface area contributed by atoms with E-state index in [1.807, 2.05) is 6.08 Å². The molecule has 0 bridgehead atoms. The Labute approximate surface area is 232 Å². The highest BCUT2D eigenvalue weighted by molar-refractivity contribution is 5.89. The molecule has 0 saturated carbocycles.